The van der Waals surface area contributed by atoms with E-state index >= 15 is 0 Å². The van der Waals surface area contributed by atoms with Gasteiger partial charge in [0, 0.05) is 22.4 Å². The van der Waals surface area contributed by atoms with Gasteiger partial charge in [-0.05, 0) is 37.3 Å². The van der Waals surface area contributed by atoms with E-state index in [4.69, 9.17) is 4.74 Å². The van der Waals surface area contributed by atoms with Crippen LogP contribution in [0.15, 0.2) is 59.3 Å². The fourth-order valence-electron chi connectivity index (χ4n) is 2.22. The smallest absolute Gasteiger partial charge is 0.338 e. The van der Waals surface area contributed by atoms with Gasteiger partial charge in [0.25, 0.3) is 0 Å². The lowest BCUT2D eigenvalue weighted by Crippen LogP contribution is -2.24. The molecular formula is C18H13BrN2O3. The second-order valence-electron chi connectivity index (χ2n) is 5.18. The topological polar surface area (TPSA) is 69.2 Å². The molecule has 0 amide bonds. The zero-order valence-electron chi connectivity index (χ0n) is 12.8. The molecule has 2 aromatic carbocycles. The molecule has 1 aromatic heterocycles. The van der Waals surface area contributed by atoms with Gasteiger partial charge < -0.3 is 4.74 Å². The molecule has 3 aromatic rings. The number of carbonyl (C=O) groups excluding carboxylic acids is 2. The van der Waals surface area contributed by atoms with Crippen molar-refractivity contribution in [3.05, 3.63) is 70.5 Å². The van der Waals surface area contributed by atoms with Crippen molar-refractivity contribution in [1.29, 1.82) is 0 Å². The van der Waals surface area contributed by atoms with Crippen LogP contribution < -0.4 is 0 Å². The average Bonchev–Trinajstić information content (AvgIpc) is 2.61. The number of Topliss-reactive ketones (excluding diaryl/α,β-unsaturated/α-hetero) is 1. The van der Waals surface area contributed by atoms with Crippen LogP contribution in [0.5, 0.6) is 0 Å². The Hall–Kier alpha value is -2.60. The summed E-state index contributed by atoms with van der Waals surface area (Å²) in [6.07, 6.45) is 2.26. The second kappa shape index (κ2) is 6.88. The van der Waals surface area contributed by atoms with Gasteiger partial charge in [0.1, 0.15) is 0 Å². The number of nitrogens with zero attached hydrogens (tertiary/aromatic N) is 2. The molecule has 0 radical (unpaired) electrons. The minimum Gasteiger partial charge on any atom is -0.451 e. The number of ether oxygens (including phenoxy) is 1. The van der Waals surface area contributed by atoms with E-state index < -0.39 is 12.1 Å². The van der Waals surface area contributed by atoms with Gasteiger partial charge in [0.2, 0.25) is 5.78 Å². The van der Waals surface area contributed by atoms with Crippen LogP contribution in [0.4, 0.5) is 0 Å². The van der Waals surface area contributed by atoms with Gasteiger partial charge in [-0.25, -0.2) is 4.79 Å². The fourth-order valence-corrected chi connectivity index (χ4v) is 2.49. The molecule has 1 atom stereocenters. The first-order valence-electron chi connectivity index (χ1n) is 7.26. The summed E-state index contributed by atoms with van der Waals surface area (Å²) in [6.45, 7) is 1.56. The Kier molecular flexibility index (Phi) is 4.66. The highest BCUT2D eigenvalue weighted by atomic mass is 79.9. The molecule has 1 heterocycles. The number of ketones is 1. The van der Waals surface area contributed by atoms with E-state index in [2.05, 4.69) is 25.9 Å². The molecule has 120 valence electrons. The van der Waals surface area contributed by atoms with Crippen molar-refractivity contribution >= 4 is 38.7 Å². The number of carbonyl (C=O) groups is 2. The largest absolute Gasteiger partial charge is 0.451 e. The first-order valence-corrected chi connectivity index (χ1v) is 8.05. The number of hydrogen-bond donors (Lipinski definition) is 0. The Morgan fingerprint density at radius 3 is 2.29 bits per heavy atom. The van der Waals surface area contributed by atoms with Gasteiger partial charge in [0.05, 0.1) is 16.6 Å². The molecule has 0 fully saturated rings. The van der Waals surface area contributed by atoms with Crippen LogP contribution in [0, 0.1) is 0 Å². The van der Waals surface area contributed by atoms with E-state index in [0.29, 0.717) is 22.2 Å². The van der Waals surface area contributed by atoms with E-state index in [9.17, 15) is 9.59 Å². The summed E-state index contributed by atoms with van der Waals surface area (Å²) < 4.78 is 6.16. The third-order valence-corrected chi connectivity index (χ3v) is 4.02. The first-order chi connectivity index (χ1) is 11.5. The highest BCUT2D eigenvalue weighted by Gasteiger charge is 2.20. The van der Waals surface area contributed by atoms with Gasteiger partial charge in [-0.15, -0.1) is 0 Å². The average molecular weight is 385 g/mol. The fraction of sp³-hybridized carbons (Fsp3) is 0.111. The van der Waals surface area contributed by atoms with Crippen molar-refractivity contribution in [3.63, 3.8) is 0 Å². The van der Waals surface area contributed by atoms with Crippen LogP contribution in [-0.4, -0.2) is 27.8 Å². The monoisotopic (exact) mass is 384 g/mol. The van der Waals surface area contributed by atoms with Crippen molar-refractivity contribution in [2.45, 2.75) is 13.0 Å². The van der Waals surface area contributed by atoms with E-state index in [1.165, 1.54) is 0 Å². The van der Waals surface area contributed by atoms with Gasteiger partial charge in [0.15, 0.2) is 6.10 Å². The maximum atomic E-state index is 12.3. The highest BCUT2D eigenvalue weighted by Crippen LogP contribution is 2.15. The first kappa shape index (κ1) is 16.3. The van der Waals surface area contributed by atoms with Crippen molar-refractivity contribution in [1.82, 2.24) is 9.97 Å². The van der Waals surface area contributed by atoms with E-state index in [1.807, 2.05) is 0 Å². The number of rotatable bonds is 4. The summed E-state index contributed by atoms with van der Waals surface area (Å²) >= 11 is 3.31. The zero-order chi connectivity index (χ0) is 17.1. The summed E-state index contributed by atoms with van der Waals surface area (Å²) in [5.74, 6) is -0.822. The Balaban J connectivity index is 1.75. The van der Waals surface area contributed by atoms with Gasteiger partial charge in [-0.3, -0.25) is 14.8 Å². The maximum absolute atomic E-state index is 12.3. The molecular weight excluding hydrogens is 372 g/mol. The standard InChI is InChI=1S/C18H13BrN2O3/c1-11(17(22)12-2-5-14(19)6-3-12)24-18(23)13-4-7-15-16(10-13)21-9-8-20-15/h2-11H,1H3/t11-/m1/s1. The van der Waals surface area contributed by atoms with Crippen LogP contribution >= 0.6 is 15.9 Å². The normalized spacial score (nSPS) is 11.9. The van der Waals surface area contributed by atoms with Crippen LogP contribution in [0.3, 0.4) is 0 Å². The van der Waals surface area contributed by atoms with Crippen molar-refractivity contribution in [2.24, 2.45) is 0 Å². The molecule has 0 aliphatic heterocycles. The van der Waals surface area contributed by atoms with E-state index in [1.54, 1.807) is 61.8 Å². The van der Waals surface area contributed by atoms with E-state index in [0.717, 1.165) is 4.47 Å². The van der Waals surface area contributed by atoms with Gasteiger partial charge >= 0.3 is 5.97 Å². The molecule has 0 aliphatic carbocycles. The summed E-state index contributed by atoms with van der Waals surface area (Å²) in [4.78, 5) is 32.9. The highest BCUT2D eigenvalue weighted by molar-refractivity contribution is 9.10. The molecule has 0 saturated heterocycles. The predicted molar refractivity (Wildman–Crippen MR) is 92.9 cm³/mol. The van der Waals surface area contributed by atoms with Crippen molar-refractivity contribution in [3.8, 4) is 0 Å². The SMILES string of the molecule is C[C@@H](OC(=O)c1ccc2nccnc2c1)C(=O)c1ccc(Br)cc1. The van der Waals surface area contributed by atoms with Gasteiger partial charge in [-0.1, -0.05) is 28.1 Å². The molecule has 0 bridgehead atoms. The summed E-state index contributed by atoms with van der Waals surface area (Å²) in [5.41, 5.74) is 2.10. The second-order valence-corrected chi connectivity index (χ2v) is 6.09. The van der Waals surface area contributed by atoms with Crippen LogP contribution in [-0.2, 0) is 4.74 Å². The van der Waals surface area contributed by atoms with Crippen LogP contribution in [0.2, 0.25) is 0 Å². The Morgan fingerprint density at radius 2 is 1.58 bits per heavy atom. The summed E-state index contributed by atoms with van der Waals surface area (Å²) in [5, 5.41) is 0. The van der Waals surface area contributed by atoms with Crippen LogP contribution in [0.1, 0.15) is 27.6 Å². The van der Waals surface area contributed by atoms with Crippen LogP contribution in [0.25, 0.3) is 11.0 Å². The molecule has 3 rings (SSSR count). The molecule has 0 spiro atoms. The Labute approximate surface area is 146 Å². The molecule has 0 saturated carbocycles. The number of esters is 1. The number of halogens is 1. The third-order valence-electron chi connectivity index (χ3n) is 3.49. The maximum Gasteiger partial charge on any atom is 0.338 e. The molecule has 5 nitrogen and oxygen atoms in total. The Bertz CT molecular complexity index is 910. The molecule has 0 unspecified atom stereocenters. The summed E-state index contributed by atoms with van der Waals surface area (Å²) in [6, 6.07) is 11.8. The molecule has 24 heavy (non-hydrogen) atoms. The molecule has 0 N–H and O–H groups in total. The number of fused-ring (bicyclic) bond motifs is 1. The minimum absolute atomic E-state index is 0.253. The Morgan fingerprint density at radius 1 is 0.958 bits per heavy atom. The molecule has 0 aliphatic rings. The lowest BCUT2D eigenvalue weighted by molar-refractivity contribution is 0.0319. The minimum atomic E-state index is -0.878. The lowest BCUT2D eigenvalue weighted by Gasteiger charge is -2.12. The van der Waals surface area contributed by atoms with Crippen molar-refractivity contribution < 1.29 is 14.3 Å². The van der Waals surface area contributed by atoms with Gasteiger partial charge in [-0.2, -0.15) is 0 Å². The third kappa shape index (κ3) is 3.49. The lowest BCUT2D eigenvalue weighted by atomic mass is 10.1. The number of hydrogen-bond acceptors (Lipinski definition) is 5. The number of benzene rings is 2. The van der Waals surface area contributed by atoms with Crippen molar-refractivity contribution in [2.75, 3.05) is 0 Å². The number of aromatic nitrogens is 2. The molecule has 6 heteroatoms. The predicted octanol–water partition coefficient (Wildman–Crippen LogP) is 3.82. The summed E-state index contributed by atoms with van der Waals surface area (Å²) in [7, 11) is 0. The van der Waals surface area contributed by atoms with E-state index in [-0.39, 0.29) is 5.78 Å². The quantitative estimate of drug-likeness (QED) is 0.505. The zero-order valence-corrected chi connectivity index (χ0v) is 14.4.